The Morgan fingerprint density at radius 1 is 1.07 bits per heavy atom. The fraction of sp³-hybridized carbons (Fsp3) is 0.842. The van der Waals surface area contributed by atoms with Gasteiger partial charge in [0.05, 0.1) is 0 Å². The van der Waals surface area contributed by atoms with Gasteiger partial charge in [0.2, 0.25) is 5.91 Å². The monoisotopic (exact) mass is 386 g/mol. The van der Waals surface area contributed by atoms with Crippen molar-refractivity contribution in [2.45, 2.75) is 78.4 Å². The summed E-state index contributed by atoms with van der Waals surface area (Å²) in [5.74, 6) is -0.404. The van der Waals surface area contributed by atoms with Crippen LogP contribution in [0.2, 0.25) is 0 Å². The van der Waals surface area contributed by atoms with Crippen LogP contribution < -0.4 is 16.1 Å². The average molecular weight is 387 g/mol. The van der Waals surface area contributed by atoms with E-state index in [1.807, 2.05) is 20.9 Å². The maximum absolute atomic E-state index is 12.7. The molecular formula is C19H38N4O4. The smallest absolute Gasteiger partial charge is 0.408 e. The Kier molecular flexibility index (Phi) is 11.7. The number of amides is 3. The van der Waals surface area contributed by atoms with Gasteiger partial charge >= 0.3 is 6.09 Å². The molecule has 0 aliphatic carbocycles. The van der Waals surface area contributed by atoms with Crippen LogP contribution in [0, 0.1) is 5.92 Å². The third kappa shape index (κ3) is 13.1. The summed E-state index contributed by atoms with van der Waals surface area (Å²) in [6.07, 6.45) is 2.88. The fourth-order valence-electron chi connectivity index (χ4n) is 2.44. The average Bonchev–Trinajstić information content (AvgIpc) is 2.50. The lowest BCUT2D eigenvalue weighted by atomic mass is 10.0. The third-order valence-corrected chi connectivity index (χ3v) is 3.65. The molecule has 0 aliphatic rings. The van der Waals surface area contributed by atoms with E-state index < -0.39 is 17.7 Å². The second-order valence-electron chi connectivity index (χ2n) is 8.17. The Hall–Kier alpha value is -1.83. The molecule has 0 fully saturated rings. The summed E-state index contributed by atoms with van der Waals surface area (Å²) in [6.45, 7) is 10.1. The molecule has 27 heavy (non-hydrogen) atoms. The van der Waals surface area contributed by atoms with Crippen molar-refractivity contribution >= 4 is 17.9 Å². The molecule has 3 N–H and O–H groups in total. The van der Waals surface area contributed by atoms with Crippen molar-refractivity contribution in [3.63, 3.8) is 0 Å². The first-order chi connectivity index (χ1) is 12.5. The van der Waals surface area contributed by atoms with Gasteiger partial charge < -0.3 is 15.4 Å². The number of hydrogen-bond acceptors (Lipinski definition) is 5. The summed E-state index contributed by atoms with van der Waals surface area (Å²) in [4.78, 5) is 36.7. The van der Waals surface area contributed by atoms with E-state index in [1.54, 1.807) is 20.8 Å². The predicted molar refractivity (Wildman–Crippen MR) is 106 cm³/mol. The van der Waals surface area contributed by atoms with Gasteiger partial charge in [-0.2, -0.15) is 0 Å². The Labute approximate surface area is 163 Å². The molecule has 0 aromatic heterocycles. The van der Waals surface area contributed by atoms with Gasteiger partial charge in [0.25, 0.3) is 5.91 Å². The summed E-state index contributed by atoms with van der Waals surface area (Å²) in [5, 5.41) is 6.83. The number of alkyl carbamates (subject to hydrolysis) is 1. The number of rotatable bonds is 10. The normalized spacial score (nSPS) is 12.4. The van der Waals surface area contributed by atoms with E-state index in [0.717, 1.165) is 30.8 Å². The summed E-state index contributed by atoms with van der Waals surface area (Å²) in [5.41, 5.74) is 1.93. The second-order valence-corrected chi connectivity index (χ2v) is 8.17. The molecule has 8 heteroatoms. The Morgan fingerprint density at radius 3 is 2.22 bits per heavy atom. The molecule has 0 aliphatic heterocycles. The summed E-state index contributed by atoms with van der Waals surface area (Å²) in [7, 11) is 3.39. The van der Waals surface area contributed by atoms with Crippen LogP contribution in [-0.4, -0.2) is 55.2 Å². The number of likely N-dealkylation sites (N-methyl/N-ethyl adjacent to an activating group) is 1. The first kappa shape index (κ1) is 25.2. The molecule has 0 spiro atoms. The number of nitrogens with one attached hydrogen (secondary N) is 3. The highest BCUT2D eigenvalue weighted by Gasteiger charge is 2.28. The Balaban J connectivity index is 4.62. The lowest BCUT2D eigenvalue weighted by Crippen LogP contribution is -2.54. The van der Waals surface area contributed by atoms with Crippen molar-refractivity contribution < 1.29 is 19.1 Å². The molecule has 0 aromatic rings. The molecular weight excluding hydrogens is 348 g/mol. The molecule has 0 rings (SSSR count). The SMILES string of the molecule is CNCCCCCC(=O)NN(C)C(=O)[C@H](CC(C)C)NC(=O)OC(C)(C)C. The highest BCUT2D eigenvalue weighted by Crippen LogP contribution is 2.10. The molecule has 0 saturated carbocycles. The van der Waals surface area contributed by atoms with Crippen molar-refractivity contribution in [1.82, 2.24) is 21.1 Å². The predicted octanol–water partition coefficient (Wildman–Crippen LogP) is 2.20. The molecule has 0 saturated heterocycles. The van der Waals surface area contributed by atoms with Gasteiger partial charge in [-0.25, -0.2) is 4.79 Å². The molecule has 158 valence electrons. The minimum absolute atomic E-state index is 0.185. The van der Waals surface area contributed by atoms with Crippen molar-refractivity contribution in [2.75, 3.05) is 20.6 Å². The van der Waals surface area contributed by atoms with Crippen molar-refractivity contribution in [1.29, 1.82) is 0 Å². The van der Waals surface area contributed by atoms with Crippen LogP contribution >= 0.6 is 0 Å². The van der Waals surface area contributed by atoms with E-state index in [-0.39, 0.29) is 17.7 Å². The zero-order chi connectivity index (χ0) is 21.0. The van der Waals surface area contributed by atoms with E-state index in [4.69, 9.17) is 4.74 Å². The number of nitrogens with zero attached hydrogens (tertiary/aromatic N) is 1. The maximum atomic E-state index is 12.7. The lowest BCUT2D eigenvalue weighted by molar-refractivity contribution is -0.141. The third-order valence-electron chi connectivity index (χ3n) is 3.65. The number of hydrogen-bond donors (Lipinski definition) is 3. The topological polar surface area (TPSA) is 99.8 Å². The van der Waals surface area contributed by atoms with E-state index in [2.05, 4.69) is 16.1 Å². The molecule has 8 nitrogen and oxygen atoms in total. The number of ether oxygens (including phenoxy) is 1. The Bertz CT molecular complexity index is 475. The summed E-state index contributed by atoms with van der Waals surface area (Å²) >= 11 is 0. The van der Waals surface area contributed by atoms with Crippen LogP contribution in [0.5, 0.6) is 0 Å². The molecule has 3 amide bonds. The fourth-order valence-corrected chi connectivity index (χ4v) is 2.44. The first-order valence-electron chi connectivity index (χ1n) is 9.67. The number of carbonyl (C=O) groups is 3. The maximum Gasteiger partial charge on any atom is 0.408 e. The van der Waals surface area contributed by atoms with Crippen LogP contribution in [0.15, 0.2) is 0 Å². The highest BCUT2D eigenvalue weighted by atomic mass is 16.6. The van der Waals surface area contributed by atoms with Gasteiger partial charge in [-0.1, -0.05) is 20.3 Å². The molecule has 0 unspecified atom stereocenters. The lowest BCUT2D eigenvalue weighted by Gasteiger charge is -2.27. The van der Waals surface area contributed by atoms with Gasteiger partial charge in [-0.15, -0.1) is 0 Å². The van der Waals surface area contributed by atoms with Gasteiger partial charge in [0.1, 0.15) is 11.6 Å². The van der Waals surface area contributed by atoms with E-state index >= 15 is 0 Å². The zero-order valence-corrected chi connectivity index (χ0v) is 18.0. The van der Waals surface area contributed by atoms with Gasteiger partial charge in [0.15, 0.2) is 0 Å². The van der Waals surface area contributed by atoms with Crippen LogP contribution in [-0.2, 0) is 14.3 Å². The Morgan fingerprint density at radius 2 is 1.70 bits per heavy atom. The number of hydrazine groups is 1. The van der Waals surface area contributed by atoms with Crippen molar-refractivity contribution in [3.05, 3.63) is 0 Å². The molecule has 0 radical (unpaired) electrons. The van der Waals surface area contributed by atoms with Gasteiger partial charge in [-0.3, -0.25) is 20.0 Å². The molecule has 1 atom stereocenters. The quantitative estimate of drug-likeness (QED) is 0.395. The van der Waals surface area contributed by atoms with Crippen molar-refractivity contribution in [3.8, 4) is 0 Å². The first-order valence-corrected chi connectivity index (χ1v) is 9.67. The summed E-state index contributed by atoms with van der Waals surface area (Å²) in [6, 6.07) is -0.763. The van der Waals surface area contributed by atoms with Crippen LogP contribution in [0.4, 0.5) is 4.79 Å². The highest BCUT2D eigenvalue weighted by molar-refractivity contribution is 5.87. The number of carbonyl (C=O) groups excluding carboxylic acids is 3. The summed E-state index contributed by atoms with van der Waals surface area (Å²) < 4.78 is 5.23. The minimum Gasteiger partial charge on any atom is -0.444 e. The second kappa shape index (κ2) is 12.5. The molecule has 0 bridgehead atoms. The van der Waals surface area contributed by atoms with E-state index in [1.165, 1.54) is 7.05 Å². The molecule has 0 aromatic carbocycles. The van der Waals surface area contributed by atoms with Gasteiger partial charge in [-0.05, 0) is 59.5 Å². The van der Waals surface area contributed by atoms with Gasteiger partial charge in [0, 0.05) is 13.5 Å². The van der Waals surface area contributed by atoms with Crippen LogP contribution in [0.3, 0.4) is 0 Å². The minimum atomic E-state index is -0.763. The van der Waals surface area contributed by atoms with E-state index in [0.29, 0.717) is 12.8 Å². The standard InChI is InChI=1S/C19H38N4O4/c1-14(2)13-15(21-18(26)27-19(3,4)5)17(25)23(7)22-16(24)11-9-8-10-12-20-6/h14-15,20H,8-13H2,1-7H3,(H,21,26)(H,22,24)/t15-/m0/s1. The molecule has 0 heterocycles. The largest absolute Gasteiger partial charge is 0.444 e. The van der Waals surface area contributed by atoms with Crippen LogP contribution in [0.25, 0.3) is 0 Å². The van der Waals surface area contributed by atoms with Crippen LogP contribution in [0.1, 0.15) is 66.7 Å². The van der Waals surface area contributed by atoms with Crippen molar-refractivity contribution in [2.24, 2.45) is 5.92 Å². The van der Waals surface area contributed by atoms with E-state index in [9.17, 15) is 14.4 Å². The number of unbranched alkanes of at least 4 members (excludes halogenated alkanes) is 2. The zero-order valence-electron chi connectivity index (χ0n) is 18.0.